The number of Topliss-reactive ketones (excluding diaryl/α,β-unsaturated/α-hetero) is 1. The van der Waals surface area contributed by atoms with Gasteiger partial charge in [0, 0.05) is 0 Å². The molecule has 0 aromatic rings. The van der Waals surface area contributed by atoms with Crippen LogP contribution in [0.1, 0.15) is 42.0 Å². The summed E-state index contributed by atoms with van der Waals surface area (Å²) in [6, 6.07) is 0. The van der Waals surface area contributed by atoms with Crippen LogP contribution in [-0.2, 0) is 9.59 Å². The minimum atomic E-state index is 0. The van der Waals surface area contributed by atoms with Crippen molar-refractivity contribution in [3.8, 4) is 0 Å². The van der Waals surface area contributed by atoms with Crippen LogP contribution in [-0.4, -0.2) is 11.6 Å². The number of hydrogen-bond donors (Lipinski definition) is 0. The lowest BCUT2D eigenvalue weighted by Crippen LogP contribution is -1.86. The van der Waals surface area contributed by atoms with E-state index in [1.54, 1.807) is 6.92 Å². The number of carbonyl (C=O) groups excluding carboxylic acids is 2. The third-order valence-corrected chi connectivity index (χ3v) is 0.888. The highest BCUT2D eigenvalue weighted by atomic mass is 16.1. The fourth-order valence-electron chi connectivity index (χ4n) is 0. The Morgan fingerprint density at radius 2 is 1.06 bits per heavy atom. The van der Waals surface area contributed by atoms with Crippen molar-refractivity contribution < 1.29 is 9.59 Å². The van der Waals surface area contributed by atoms with Gasteiger partial charge in [-0.15, -0.1) is 6.58 Å². The molecule has 0 saturated carbocycles. The van der Waals surface area contributed by atoms with E-state index in [0.717, 1.165) is 0 Å². The van der Waals surface area contributed by atoms with Crippen LogP contribution in [0, 0.1) is 0 Å². The summed E-state index contributed by atoms with van der Waals surface area (Å²) in [5.74, 6) is 0.0833. The van der Waals surface area contributed by atoms with E-state index < -0.39 is 0 Å². The Morgan fingerprint density at radius 1 is 0.938 bits per heavy atom. The summed E-state index contributed by atoms with van der Waals surface area (Å²) in [6.07, 6.45) is 1.28. The van der Waals surface area contributed by atoms with Crippen LogP contribution in [0.3, 0.4) is 0 Å². The van der Waals surface area contributed by atoms with E-state index in [2.05, 4.69) is 19.7 Å². The Balaban J connectivity index is -0.0000000668. The molecule has 0 radical (unpaired) electrons. The summed E-state index contributed by atoms with van der Waals surface area (Å²) in [5.41, 5.74) is 1.79. The second-order valence-electron chi connectivity index (χ2n) is 3.36. The molecule has 0 aromatic carbocycles. The highest BCUT2D eigenvalue weighted by Crippen LogP contribution is 1.84. The van der Waals surface area contributed by atoms with E-state index in [1.165, 1.54) is 25.5 Å². The third kappa shape index (κ3) is 80.7. The SMILES string of the molecule is C.C=C(C)C.C=C(C)C(C)=O.C=CC(C)=O. The molecule has 0 saturated heterocycles. The van der Waals surface area contributed by atoms with Gasteiger partial charge in [-0.2, -0.15) is 0 Å². The molecule has 0 N–H and O–H groups in total. The summed E-state index contributed by atoms with van der Waals surface area (Å²) in [5, 5.41) is 0. The van der Waals surface area contributed by atoms with Crippen molar-refractivity contribution in [2.75, 3.05) is 0 Å². The highest BCUT2D eigenvalue weighted by molar-refractivity contribution is 5.91. The van der Waals surface area contributed by atoms with Crippen LogP contribution in [0.25, 0.3) is 0 Å². The summed E-state index contributed by atoms with van der Waals surface area (Å²) >= 11 is 0. The smallest absolute Gasteiger partial charge is 0.154 e. The lowest BCUT2D eigenvalue weighted by Gasteiger charge is -1.80. The molecular weight excluding hydrogens is 200 g/mol. The van der Waals surface area contributed by atoms with Crippen LogP contribution in [0.5, 0.6) is 0 Å². The molecular formula is C14H26O2. The maximum absolute atomic E-state index is 10.0. The maximum atomic E-state index is 10.0. The number of ketones is 2. The number of rotatable bonds is 2. The van der Waals surface area contributed by atoms with Gasteiger partial charge in [0.2, 0.25) is 0 Å². The molecule has 94 valence electrons. The molecule has 16 heavy (non-hydrogen) atoms. The molecule has 0 aliphatic rings. The molecule has 0 unspecified atom stereocenters. The first-order valence-corrected chi connectivity index (χ1v) is 4.56. The molecule has 0 heterocycles. The Morgan fingerprint density at radius 3 is 1.06 bits per heavy atom. The molecule has 0 amide bonds. The second-order valence-corrected chi connectivity index (χ2v) is 3.36. The molecule has 0 fully saturated rings. The molecule has 0 spiro atoms. The Kier molecular flexibility index (Phi) is 24.0. The molecule has 0 aromatic heterocycles. The number of hydrogen-bond acceptors (Lipinski definition) is 2. The minimum Gasteiger partial charge on any atom is -0.295 e. The van der Waals surface area contributed by atoms with Gasteiger partial charge < -0.3 is 0 Å². The van der Waals surface area contributed by atoms with Gasteiger partial charge >= 0.3 is 0 Å². The topological polar surface area (TPSA) is 34.1 Å². The first kappa shape index (κ1) is 24.0. The predicted octanol–water partition coefficient (Wildman–Crippen LogP) is 4.13. The van der Waals surface area contributed by atoms with Crippen molar-refractivity contribution in [3.63, 3.8) is 0 Å². The van der Waals surface area contributed by atoms with E-state index in [0.29, 0.717) is 5.57 Å². The summed E-state index contributed by atoms with van der Waals surface area (Å²) in [6.45, 7) is 18.8. The normalized spacial score (nSPS) is 6.56. The van der Waals surface area contributed by atoms with Crippen molar-refractivity contribution in [1.82, 2.24) is 0 Å². The van der Waals surface area contributed by atoms with E-state index in [-0.39, 0.29) is 19.0 Å². The van der Waals surface area contributed by atoms with Crippen LogP contribution in [0.2, 0.25) is 0 Å². The molecule has 0 bridgehead atoms. The zero-order valence-corrected chi connectivity index (χ0v) is 10.5. The summed E-state index contributed by atoms with van der Waals surface area (Å²) < 4.78 is 0. The van der Waals surface area contributed by atoms with E-state index in [1.807, 2.05) is 13.8 Å². The number of allylic oxidation sites excluding steroid dienone is 3. The lowest BCUT2D eigenvalue weighted by atomic mass is 10.3. The van der Waals surface area contributed by atoms with E-state index in [9.17, 15) is 9.59 Å². The average Bonchev–Trinajstić information content (AvgIpc) is 2.04. The second kappa shape index (κ2) is 16.0. The molecule has 0 aliphatic carbocycles. The molecule has 0 aliphatic heterocycles. The van der Waals surface area contributed by atoms with Crippen molar-refractivity contribution in [2.45, 2.75) is 42.0 Å². The largest absolute Gasteiger partial charge is 0.295 e. The van der Waals surface area contributed by atoms with Gasteiger partial charge in [0.15, 0.2) is 11.6 Å². The first-order valence-electron chi connectivity index (χ1n) is 4.56. The zero-order chi connectivity index (χ0) is 13.0. The van der Waals surface area contributed by atoms with Crippen LogP contribution in [0.15, 0.2) is 37.0 Å². The van der Waals surface area contributed by atoms with Gasteiger partial charge in [-0.25, -0.2) is 0 Å². The van der Waals surface area contributed by atoms with Gasteiger partial charge in [-0.3, -0.25) is 9.59 Å². The van der Waals surface area contributed by atoms with Gasteiger partial charge in [0.1, 0.15) is 0 Å². The van der Waals surface area contributed by atoms with E-state index >= 15 is 0 Å². The Labute approximate surface area is 101 Å². The first-order chi connectivity index (χ1) is 6.64. The fourth-order valence-corrected chi connectivity index (χ4v) is 0. The standard InChI is InChI=1S/C5H8O.C4H6O.C4H8.CH4/c1-4(2)5(3)6;1-3-4(2)5;1-4(2)3;/h1H2,2-3H3;3H,1H2,2H3;1H2,2-3H3;1H4. The van der Waals surface area contributed by atoms with Gasteiger partial charge in [0.25, 0.3) is 0 Å². The molecule has 2 nitrogen and oxygen atoms in total. The Hall–Kier alpha value is -1.44. The average molecular weight is 226 g/mol. The van der Waals surface area contributed by atoms with E-state index in [4.69, 9.17) is 0 Å². The van der Waals surface area contributed by atoms with Gasteiger partial charge in [0.05, 0.1) is 0 Å². The Bertz CT molecular complexity index is 231. The minimum absolute atomic E-state index is 0. The van der Waals surface area contributed by atoms with Crippen molar-refractivity contribution in [2.24, 2.45) is 0 Å². The maximum Gasteiger partial charge on any atom is 0.154 e. The quantitative estimate of drug-likeness (QED) is 0.524. The lowest BCUT2D eigenvalue weighted by molar-refractivity contribution is -0.114. The van der Waals surface area contributed by atoms with Gasteiger partial charge in [-0.1, -0.05) is 26.2 Å². The highest BCUT2D eigenvalue weighted by Gasteiger charge is 1.85. The van der Waals surface area contributed by atoms with Crippen molar-refractivity contribution >= 4 is 11.6 Å². The van der Waals surface area contributed by atoms with Crippen LogP contribution >= 0.6 is 0 Å². The molecule has 0 rings (SSSR count). The monoisotopic (exact) mass is 226 g/mol. The summed E-state index contributed by atoms with van der Waals surface area (Å²) in [7, 11) is 0. The molecule has 2 heteroatoms. The third-order valence-electron chi connectivity index (χ3n) is 0.888. The predicted molar refractivity (Wildman–Crippen MR) is 73.6 cm³/mol. The zero-order valence-electron chi connectivity index (χ0n) is 10.5. The van der Waals surface area contributed by atoms with Crippen molar-refractivity contribution in [1.29, 1.82) is 0 Å². The van der Waals surface area contributed by atoms with Gasteiger partial charge in [-0.05, 0) is 46.3 Å². The van der Waals surface area contributed by atoms with Crippen LogP contribution in [0.4, 0.5) is 0 Å². The number of carbonyl (C=O) groups is 2. The van der Waals surface area contributed by atoms with Crippen molar-refractivity contribution in [3.05, 3.63) is 37.0 Å². The van der Waals surface area contributed by atoms with Crippen LogP contribution < -0.4 is 0 Å². The summed E-state index contributed by atoms with van der Waals surface area (Å²) in [4.78, 5) is 19.7. The molecule has 0 atom stereocenters. The fraction of sp³-hybridized carbons (Fsp3) is 0.429.